The minimum atomic E-state index is -0.232. The molecular formula is C14H28O2. The first-order valence-electron chi connectivity index (χ1n) is 7.07. The molecule has 2 heteroatoms. The highest BCUT2D eigenvalue weighted by Crippen LogP contribution is 2.37. The lowest BCUT2D eigenvalue weighted by Gasteiger charge is -2.45. The van der Waals surface area contributed by atoms with E-state index in [0.717, 1.165) is 32.3 Å². The van der Waals surface area contributed by atoms with Gasteiger partial charge in [-0.25, -0.2) is 0 Å². The molecule has 1 aliphatic heterocycles. The lowest BCUT2D eigenvalue weighted by molar-refractivity contribution is -0.210. The molecule has 0 bridgehead atoms. The fraction of sp³-hybridized carbons (Fsp3) is 1.00. The second kappa shape index (κ2) is 7.29. The summed E-state index contributed by atoms with van der Waals surface area (Å²) in [5.74, 6) is 0. The van der Waals surface area contributed by atoms with E-state index in [1.807, 2.05) is 0 Å². The minimum Gasteiger partial charge on any atom is -0.390 e. The molecular weight excluding hydrogens is 200 g/mol. The van der Waals surface area contributed by atoms with Crippen molar-refractivity contribution in [2.24, 2.45) is 0 Å². The number of ether oxygens (including phenoxy) is 1. The maximum atomic E-state index is 10.2. The standard InChI is InChI=1S/C14H28O2/c1-3-5-7-8-9-13(15)14(10-6-4-2)11-12-16-14/h13,15H,3-12H2,1-2H3. The Balaban J connectivity index is 2.23. The van der Waals surface area contributed by atoms with Gasteiger partial charge in [0.2, 0.25) is 0 Å². The summed E-state index contributed by atoms with van der Waals surface area (Å²) in [5.41, 5.74) is -0.164. The Bertz CT molecular complexity index is 176. The van der Waals surface area contributed by atoms with Crippen LogP contribution in [0.1, 0.15) is 71.6 Å². The maximum absolute atomic E-state index is 10.2. The highest BCUT2D eigenvalue weighted by molar-refractivity contribution is 4.93. The highest BCUT2D eigenvalue weighted by Gasteiger charge is 2.43. The Morgan fingerprint density at radius 1 is 1.12 bits per heavy atom. The van der Waals surface area contributed by atoms with Crippen molar-refractivity contribution in [3.8, 4) is 0 Å². The van der Waals surface area contributed by atoms with Gasteiger partial charge in [-0.05, 0) is 12.8 Å². The number of aliphatic hydroxyl groups is 1. The van der Waals surface area contributed by atoms with Crippen LogP contribution in [-0.2, 0) is 4.74 Å². The van der Waals surface area contributed by atoms with E-state index in [1.54, 1.807) is 0 Å². The molecule has 1 N–H and O–H groups in total. The summed E-state index contributed by atoms with van der Waals surface area (Å²) in [7, 11) is 0. The van der Waals surface area contributed by atoms with Crippen LogP contribution in [0.25, 0.3) is 0 Å². The van der Waals surface area contributed by atoms with Crippen molar-refractivity contribution in [2.75, 3.05) is 6.61 Å². The van der Waals surface area contributed by atoms with Crippen molar-refractivity contribution < 1.29 is 9.84 Å². The van der Waals surface area contributed by atoms with Gasteiger partial charge in [0.25, 0.3) is 0 Å². The van der Waals surface area contributed by atoms with Gasteiger partial charge in [0, 0.05) is 6.42 Å². The summed E-state index contributed by atoms with van der Waals surface area (Å²) >= 11 is 0. The van der Waals surface area contributed by atoms with Gasteiger partial charge in [0.1, 0.15) is 0 Å². The number of aliphatic hydroxyl groups excluding tert-OH is 1. The number of hydrogen-bond acceptors (Lipinski definition) is 2. The predicted molar refractivity (Wildman–Crippen MR) is 67.6 cm³/mol. The van der Waals surface area contributed by atoms with Crippen LogP contribution in [-0.4, -0.2) is 23.4 Å². The lowest BCUT2D eigenvalue weighted by Crippen LogP contribution is -2.53. The highest BCUT2D eigenvalue weighted by atomic mass is 16.5. The summed E-state index contributed by atoms with van der Waals surface area (Å²) in [5, 5.41) is 10.2. The van der Waals surface area contributed by atoms with Gasteiger partial charge in [0.15, 0.2) is 0 Å². The van der Waals surface area contributed by atoms with E-state index < -0.39 is 0 Å². The molecule has 0 aromatic heterocycles. The minimum absolute atomic E-state index is 0.164. The van der Waals surface area contributed by atoms with Crippen molar-refractivity contribution in [1.82, 2.24) is 0 Å². The Morgan fingerprint density at radius 2 is 1.81 bits per heavy atom. The van der Waals surface area contributed by atoms with Gasteiger partial charge in [-0.15, -0.1) is 0 Å². The first kappa shape index (κ1) is 14.0. The monoisotopic (exact) mass is 228 g/mol. The molecule has 0 saturated carbocycles. The van der Waals surface area contributed by atoms with Crippen LogP contribution in [0.2, 0.25) is 0 Å². The van der Waals surface area contributed by atoms with Crippen molar-refractivity contribution in [3.05, 3.63) is 0 Å². The van der Waals surface area contributed by atoms with E-state index in [0.29, 0.717) is 0 Å². The Hall–Kier alpha value is -0.0800. The molecule has 2 unspecified atom stereocenters. The van der Waals surface area contributed by atoms with Crippen LogP contribution in [0.4, 0.5) is 0 Å². The molecule has 0 amide bonds. The van der Waals surface area contributed by atoms with Crippen LogP contribution in [0.5, 0.6) is 0 Å². The molecule has 16 heavy (non-hydrogen) atoms. The molecule has 1 saturated heterocycles. The van der Waals surface area contributed by atoms with Crippen molar-refractivity contribution in [3.63, 3.8) is 0 Å². The third-order valence-electron chi connectivity index (χ3n) is 3.81. The van der Waals surface area contributed by atoms with Gasteiger partial charge in [-0.1, -0.05) is 52.4 Å². The van der Waals surface area contributed by atoms with Gasteiger partial charge >= 0.3 is 0 Å². The fourth-order valence-corrected chi connectivity index (χ4v) is 2.49. The zero-order valence-electron chi connectivity index (χ0n) is 11.0. The summed E-state index contributed by atoms with van der Waals surface area (Å²) in [6.45, 7) is 5.25. The van der Waals surface area contributed by atoms with Crippen LogP contribution in [0.15, 0.2) is 0 Å². The molecule has 2 nitrogen and oxygen atoms in total. The zero-order chi connectivity index (χ0) is 11.9. The maximum Gasteiger partial charge on any atom is 0.0962 e. The second-order valence-corrected chi connectivity index (χ2v) is 5.13. The Kier molecular flexibility index (Phi) is 6.37. The topological polar surface area (TPSA) is 29.5 Å². The average molecular weight is 228 g/mol. The van der Waals surface area contributed by atoms with E-state index in [4.69, 9.17) is 4.74 Å². The van der Waals surface area contributed by atoms with E-state index in [-0.39, 0.29) is 11.7 Å². The van der Waals surface area contributed by atoms with Crippen LogP contribution in [0.3, 0.4) is 0 Å². The first-order valence-corrected chi connectivity index (χ1v) is 7.07. The Labute approximate surface area is 100 Å². The van der Waals surface area contributed by atoms with E-state index in [2.05, 4.69) is 13.8 Å². The number of rotatable bonds is 9. The van der Waals surface area contributed by atoms with Crippen molar-refractivity contribution in [2.45, 2.75) is 83.3 Å². The molecule has 1 rings (SSSR count). The van der Waals surface area contributed by atoms with Gasteiger partial charge in [0.05, 0.1) is 18.3 Å². The molecule has 0 aromatic carbocycles. The second-order valence-electron chi connectivity index (χ2n) is 5.13. The van der Waals surface area contributed by atoms with Crippen LogP contribution >= 0.6 is 0 Å². The zero-order valence-corrected chi connectivity index (χ0v) is 11.0. The number of unbranched alkanes of at least 4 members (excludes halogenated alkanes) is 4. The summed E-state index contributed by atoms with van der Waals surface area (Å²) in [6, 6.07) is 0. The molecule has 96 valence electrons. The smallest absolute Gasteiger partial charge is 0.0962 e. The van der Waals surface area contributed by atoms with E-state index >= 15 is 0 Å². The van der Waals surface area contributed by atoms with E-state index in [1.165, 1.54) is 32.1 Å². The largest absolute Gasteiger partial charge is 0.390 e. The average Bonchev–Trinajstić information content (AvgIpc) is 2.23. The van der Waals surface area contributed by atoms with Gasteiger partial charge in [-0.2, -0.15) is 0 Å². The normalized spacial score (nSPS) is 26.4. The number of hydrogen-bond donors (Lipinski definition) is 1. The quantitative estimate of drug-likeness (QED) is 0.610. The Morgan fingerprint density at radius 3 is 2.31 bits per heavy atom. The van der Waals surface area contributed by atoms with Gasteiger partial charge in [-0.3, -0.25) is 0 Å². The third-order valence-corrected chi connectivity index (χ3v) is 3.81. The van der Waals surface area contributed by atoms with E-state index in [9.17, 15) is 5.11 Å². The molecule has 0 radical (unpaired) electrons. The first-order chi connectivity index (χ1) is 7.75. The molecule has 1 heterocycles. The van der Waals surface area contributed by atoms with Crippen LogP contribution in [0, 0.1) is 0 Å². The lowest BCUT2D eigenvalue weighted by atomic mass is 9.81. The molecule has 0 spiro atoms. The summed E-state index contributed by atoms with van der Waals surface area (Å²) < 4.78 is 5.69. The van der Waals surface area contributed by atoms with Crippen molar-refractivity contribution in [1.29, 1.82) is 0 Å². The van der Waals surface area contributed by atoms with Gasteiger partial charge < -0.3 is 9.84 Å². The predicted octanol–water partition coefficient (Wildman–Crippen LogP) is 3.67. The summed E-state index contributed by atoms with van der Waals surface area (Å²) in [6.07, 6.45) is 10.1. The summed E-state index contributed by atoms with van der Waals surface area (Å²) in [4.78, 5) is 0. The molecule has 0 aliphatic carbocycles. The molecule has 1 fully saturated rings. The fourth-order valence-electron chi connectivity index (χ4n) is 2.49. The third kappa shape index (κ3) is 3.74. The van der Waals surface area contributed by atoms with Crippen LogP contribution < -0.4 is 0 Å². The molecule has 2 atom stereocenters. The van der Waals surface area contributed by atoms with Crippen molar-refractivity contribution >= 4 is 0 Å². The SMILES string of the molecule is CCCCCCC(O)C1(CCCC)CCO1. The molecule has 0 aromatic rings. The molecule has 1 aliphatic rings.